The van der Waals surface area contributed by atoms with Crippen molar-refractivity contribution in [3.05, 3.63) is 42.5 Å². The van der Waals surface area contributed by atoms with E-state index in [9.17, 15) is 0 Å². The molecule has 1 nitrogen and oxygen atoms in total. The molecule has 1 aromatic carbocycles. The van der Waals surface area contributed by atoms with Crippen LogP contribution in [0, 0.1) is 0 Å². The maximum Gasteiger partial charge on any atom is 0.0200 e. The van der Waals surface area contributed by atoms with Crippen LogP contribution in [0.5, 0.6) is 0 Å². The molecule has 2 heteroatoms. The van der Waals surface area contributed by atoms with E-state index in [1.54, 1.807) is 0 Å². The fraction of sp³-hybridized carbons (Fsp3) is 0.385. The number of thioether (sulfide) groups is 1. The first-order chi connectivity index (χ1) is 7.18. The van der Waals surface area contributed by atoms with Crippen LogP contribution < -0.4 is 5.32 Å². The molecule has 0 bridgehead atoms. The van der Waals surface area contributed by atoms with Gasteiger partial charge in [0, 0.05) is 23.2 Å². The molecule has 1 aromatic rings. The van der Waals surface area contributed by atoms with Crippen LogP contribution >= 0.6 is 11.8 Å². The van der Waals surface area contributed by atoms with Crippen LogP contribution in [0.1, 0.15) is 13.8 Å². The maximum absolute atomic E-state index is 4.06. The van der Waals surface area contributed by atoms with Gasteiger partial charge in [-0.1, -0.05) is 44.2 Å². The van der Waals surface area contributed by atoms with E-state index in [2.05, 4.69) is 50.0 Å². The summed E-state index contributed by atoms with van der Waals surface area (Å²) in [6.45, 7) is 9.27. The van der Waals surface area contributed by atoms with E-state index < -0.39 is 0 Å². The van der Waals surface area contributed by atoms with Crippen molar-refractivity contribution in [3.63, 3.8) is 0 Å². The summed E-state index contributed by atoms with van der Waals surface area (Å²) in [6, 6.07) is 11.0. The summed E-state index contributed by atoms with van der Waals surface area (Å²) >= 11 is 1.84. The molecule has 0 aliphatic heterocycles. The van der Waals surface area contributed by atoms with Gasteiger partial charge < -0.3 is 5.32 Å². The molecule has 0 unspecified atom stereocenters. The minimum absolute atomic E-state index is 0.531. The van der Waals surface area contributed by atoms with Crippen molar-refractivity contribution in [2.75, 3.05) is 12.3 Å². The molecule has 0 heterocycles. The average molecular weight is 221 g/mol. The Hall–Kier alpha value is -0.730. The highest BCUT2D eigenvalue weighted by molar-refractivity contribution is 7.99. The summed E-state index contributed by atoms with van der Waals surface area (Å²) in [5.74, 6) is 0.990. The van der Waals surface area contributed by atoms with Gasteiger partial charge in [-0.2, -0.15) is 0 Å². The molecule has 0 aromatic heterocycles. The largest absolute Gasteiger partial charge is 0.311 e. The van der Waals surface area contributed by atoms with Crippen molar-refractivity contribution in [2.45, 2.75) is 24.8 Å². The Labute approximate surface area is 97.0 Å². The molecule has 0 atom stereocenters. The fourth-order valence-corrected chi connectivity index (χ4v) is 1.92. The summed E-state index contributed by atoms with van der Waals surface area (Å²) < 4.78 is 0. The van der Waals surface area contributed by atoms with E-state index in [1.165, 1.54) is 10.5 Å². The van der Waals surface area contributed by atoms with Gasteiger partial charge in [0.25, 0.3) is 0 Å². The highest BCUT2D eigenvalue weighted by Crippen LogP contribution is 2.18. The van der Waals surface area contributed by atoms with E-state index in [4.69, 9.17) is 0 Å². The number of benzene rings is 1. The normalized spacial score (nSPS) is 10.6. The van der Waals surface area contributed by atoms with Crippen molar-refractivity contribution in [1.82, 2.24) is 5.32 Å². The highest BCUT2D eigenvalue weighted by Gasteiger charge is 1.98. The van der Waals surface area contributed by atoms with Gasteiger partial charge in [-0.15, -0.1) is 11.8 Å². The van der Waals surface area contributed by atoms with E-state index in [1.807, 2.05) is 17.8 Å². The molecular weight excluding hydrogens is 202 g/mol. The minimum atomic E-state index is 0.531. The third-order valence-electron chi connectivity index (χ3n) is 1.95. The highest BCUT2D eigenvalue weighted by atomic mass is 32.2. The average Bonchev–Trinajstić information content (AvgIpc) is 2.25. The predicted molar refractivity (Wildman–Crippen MR) is 69.4 cm³/mol. The van der Waals surface area contributed by atoms with Gasteiger partial charge in [-0.3, -0.25) is 0 Å². The number of nitrogens with one attached hydrogen (secondary N) is 1. The Balaban J connectivity index is 2.23. The number of hydrogen-bond acceptors (Lipinski definition) is 2. The van der Waals surface area contributed by atoms with Crippen LogP contribution in [0.15, 0.2) is 47.4 Å². The Bertz CT molecular complexity index is 293. The van der Waals surface area contributed by atoms with Crippen molar-refractivity contribution in [1.29, 1.82) is 0 Å². The third kappa shape index (κ3) is 5.65. The van der Waals surface area contributed by atoms with Crippen LogP contribution in [0.2, 0.25) is 0 Å². The first-order valence-corrected chi connectivity index (χ1v) is 6.25. The second kappa shape index (κ2) is 6.70. The van der Waals surface area contributed by atoms with Gasteiger partial charge in [-0.05, 0) is 12.1 Å². The topological polar surface area (TPSA) is 12.0 Å². The fourth-order valence-electron chi connectivity index (χ4n) is 1.10. The molecule has 0 aliphatic carbocycles. The second-order valence-corrected chi connectivity index (χ2v) is 4.94. The van der Waals surface area contributed by atoms with E-state index >= 15 is 0 Å². The van der Waals surface area contributed by atoms with Crippen molar-refractivity contribution < 1.29 is 0 Å². The summed E-state index contributed by atoms with van der Waals surface area (Å²) in [6.07, 6.45) is 0. The standard InChI is InChI=1S/C13H19NS/c1-11(2)14-9-12(3)10-15-13-7-5-4-6-8-13/h4-8,11,14H,3,9-10H2,1-2H3. The second-order valence-electron chi connectivity index (χ2n) is 3.89. The summed E-state index contributed by atoms with van der Waals surface area (Å²) in [7, 11) is 0. The zero-order chi connectivity index (χ0) is 11.1. The SMILES string of the molecule is C=C(CNC(C)C)CSc1ccccc1. The Morgan fingerprint density at radius 1 is 1.33 bits per heavy atom. The lowest BCUT2D eigenvalue weighted by atomic mass is 10.3. The molecule has 1 rings (SSSR count). The molecule has 82 valence electrons. The Morgan fingerprint density at radius 3 is 2.60 bits per heavy atom. The van der Waals surface area contributed by atoms with Crippen molar-refractivity contribution in [2.24, 2.45) is 0 Å². The summed E-state index contributed by atoms with van der Waals surface area (Å²) in [5.41, 5.74) is 1.25. The molecule has 0 aliphatic rings. The summed E-state index contributed by atoms with van der Waals surface area (Å²) in [4.78, 5) is 1.31. The lowest BCUT2D eigenvalue weighted by Gasteiger charge is -2.10. The van der Waals surface area contributed by atoms with Gasteiger partial charge in [0.05, 0.1) is 0 Å². The number of rotatable bonds is 6. The van der Waals surface area contributed by atoms with Crippen LogP contribution in [0.3, 0.4) is 0 Å². The minimum Gasteiger partial charge on any atom is -0.311 e. The molecular formula is C13H19NS. The van der Waals surface area contributed by atoms with Gasteiger partial charge in [0.2, 0.25) is 0 Å². The molecule has 15 heavy (non-hydrogen) atoms. The molecule has 0 saturated heterocycles. The lowest BCUT2D eigenvalue weighted by molar-refractivity contribution is 0.623. The quantitative estimate of drug-likeness (QED) is 0.584. The first kappa shape index (κ1) is 12.3. The molecule has 0 saturated carbocycles. The summed E-state index contributed by atoms with van der Waals surface area (Å²) in [5, 5.41) is 3.37. The molecule has 1 N–H and O–H groups in total. The predicted octanol–water partition coefficient (Wildman–Crippen LogP) is 3.33. The zero-order valence-electron chi connectivity index (χ0n) is 9.49. The van der Waals surface area contributed by atoms with Crippen molar-refractivity contribution >= 4 is 11.8 Å². The smallest absolute Gasteiger partial charge is 0.0200 e. The molecule has 0 radical (unpaired) electrons. The van der Waals surface area contributed by atoms with Crippen LogP contribution in [0.4, 0.5) is 0 Å². The van der Waals surface area contributed by atoms with Crippen LogP contribution in [-0.4, -0.2) is 18.3 Å². The lowest BCUT2D eigenvalue weighted by Crippen LogP contribution is -2.25. The maximum atomic E-state index is 4.06. The molecule has 0 amide bonds. The van der Waals surface area contributed by atoms with E-state index in [0.717, 1.165) is 12.3 Å². The van der Waals surface area contributed by atoms with E-state index in [-0.39, 0.29) is 0 Å². The number of hydrogen-bond donors (Lipinski definition) is 1. The molecule has 0 spiro atoms. The van der Waals surface area contributed by atoms with Crippen molar-refractivity contribution in [3.8, 4) is 0 Å². The monoisotopic (exact) mass is 221 g/mol. The zero-order valence-corrected chi connectivity index (χ0v) is 10.3. The molecule has 0 fully saturated rings. The van der Waals surface area contributed by atoms with Gasteiger partial charge in [0.15, 0.2) is 0 Å². The Kier molecular flexibility index (Phi) is 5.51. The van der Waals surface area contributed by atoms with E-state index in [0.29, 0.717) is 6.04 Å². The first-order valence-electron chi connectivity index (χ1n) is 5.26. The van der Waals surface area contributed by atoms with Gasteiger partial charge in [-0.25, -0.2) is 0 Å². The van der Waals surface area contributed by atoms with Gasteiger partial charge >= 0.3 is 0 Å². The van der Waals surface area contributed by atoms with Crippen LogP contribution in [-0.2, 0) is 0 Å². The Morgan fingerprint density at radius 2 is 2.00 bits per heavy atom. The van der Waals surface area contributed by atoms with Crippen LogP contribution in [0.25, 0.3) is 0 Å². The van der Waals surface area contributed by atoms with Gasteiger partial charge in [0.1, 0.15) is 0 Å². The third-order valence-corrected chi connectivity index (χ3v) is 3.10.